The zero-order valence-electron chi connectivity index (χ0n) is 11.3. The minimum Gasteiger partial charge on any atom is -0.507 e. The minimum atomic E-state index is -0.234. The first-order chi connectivity index (χ1) is 9.45. The van der Waals surface area contributed by atoms with Crippen LogP contribution in [0.15, 0.2) is 30.3 Å². The monoisotopic (exact) mass is 401 g/mol. The number of phenols is 1. The molecule has 1 amide bonds. The highest BCUT2D eigenvalue weighted by atomic mass is 127. The smallest absolute Gasteiger partial charge is 0.255 e. The van der Waals surface area contributed by atoms with Crippen LogP contribution in [0, 0.1) is 10.5 Å². The summed E-state index contributed by atoms with van der Waals surface area (Å²) in [6.45, 7) is 4.04. The topological polar surface area (TPSA) is 49.3 Å². The number of hydrogen-bond acceptors (Lipinski definition) is 3. The number of phenolic OH excluding ortho intramolecular Hbond substituents is 1. The summed E-state index contributed by atoms with van der Waals surface area (Å²) in [4.78, 5) is 14.7. The fourth-order valence-corrected chi connectivity index (χ4v) is 3.45. The van der Waals surface area contributed by atoms with Crippen LogP contribution in [0.1, 0.15) is 27.0 Å². The van der Waals surface area contributed by atoms with E-state index in [9.17, 15) is 9.90 Å². The zero-order valence-corrected chi connectivity index (χ0v) is 14.3. The quantitative estimate of drug-likeness (QED) is 0.768. The van der Waals surface area contributed by atoms with Crippen molar-refractivity contribution in [1.82, 2.24) is 5.32 Å². The van der Waals surface area contributed by atoms with Gasteiger partial charge >= 0.3 is 0 Å². The minimum absolute atomic E-state index is 0.0158. The van der Waals surface area contributed by atoms with Crippen molar-refractivity contribution in [1.29, 1.82) is 0 Å². The summed E-state index contributed by atoms with van der Waals surface area (Å²) in [6, 6.07) is 9.20. The van der Waals surface area contributed by atoms with Crippen molar-refractivity contribution in [3.8, 4) is 5.75 Å². The van der Waals surface area contributed by atoms with Crippen LogP contribution in [-0.4, -0.2) is 17.1 Å². The van der Waals surface area contributed by atoms with Crippen LogP contribution in [0.25, 0.3) is 0 Å². The SMILES string of the molecule is Cc1ccc(CC(C)NC(=O)c2cc(I)ccc2O)s1. The first-order valence-corrected chi connectivity index (χ1v) is 8.20. The van der Waals surface area contributed by atoms with Crippen LogP contribution in [0.3, 0.4) is 0 Å². The Morgan fingerprint density at radius 2 is 2.15 bits per heavy atom. The van der Waals surface area contributed by atoms with E-state index in [-0.39, 0.29) is 17.7 Å². The Morgan fingerprint density at radius 3 is 2.80 bits per heavy atom. The third-order valence-electron chi connectivity index (χ3n) is 2.88. The van der Waals surface area contributed by atoms with Gasteiger partial charge in [-0.25, -0.2) is 0 Å². The number of amides is 1. The van der Waals surface area contributed by atoms with Crippen molar-refractivity contribution >= 4 is 39.8 Å². The number of aryl methyl sites for hydroxylation is 1. The molecule has 2 rings (SSSR count). The van der Waals surface area contributed by atoms with Gasteiger partial charge in [-0.05, 0) is 66.8 Å². The lowest BCUT2D eigenvalue weighted by atomic mass is 10.1. The first kappa shape index (κ1) is 15.3. The Labute approximate surface area is 136 Å². The van der Waals surface area contributed by atoms with E-state index >= 15 is 0 Å². The van der Waals surface area contributed by atoms with E-state index in [1.807, 2.05) is 6.92 Å². The Balaban J connectivity index is 2.02. The number of aromatic hydroxyl groups is 1. The largest absolute Gasteiger partial charge is 0.507 e. The van der Waals surface area contributed by atoms with Gasteiger partial charge in [-0.15, -0.1) is 11.3 Å². The third kappa shape index (κ3) is 3.96. The maximum Gasteiger partial charge on any atom is 0.255 e. The van der Waals surface area contributed by atoms with Crippen molar-refractivity contribution in [2.75, 3.05) is 0 Å². The Morgan fingerprint density at radius 1 is 1.40 bits per heavy atom. The molecule has 1 atom stereocenters. The van der Waals surface area contributed by atoms with Crippen LogP contribution >= 0.6 is 33.9 Å². The predicted octanol–water partition coefficient (Wildman–Crippen LogP) is 3.73. The fourth-order valence-electron chi connectivity index (χ4n) is 1.94. The molecule has 0 saturated heterocycles. The lowest BCUT2D eigenvalue weighted by Crippen LogP contribution is -2.34. The van der Waals surface area contributed by atoms with Gasteiger partial charge in [0.1, 0.15) is 5.75 Å². The normalized spacial score (nSPS) is 12.2. The molecule has 0 saturated carbocycles. The van der Waals surface area contributed by atoms with Gasteiger partial charge in [0.05, 0.1) is 5.56 Å². The number of benzene rings is 1. The van der Waals surface area contributed by atoms with Gasteiger partial charge in [0.2, 0.25) is 0 Å². The van der Waals surface area contributed by atoms with E-state index < -0.39 is 0 Å². The highest BCUT2D eigenvalue weighted by molar-refractivity contribution is 14.1. The van der Waals surface area contributed by atoms with Crippen molar-refractivity contribution in [3.05, 3.63) is 49.2 Å². The molecule has 106 valence electrons. The molecule has 0 aliphatic carbocycles. The van der Waals surface area contributed by atoms with Crippen molar-refractivity contribution in [2.24, 2.45) is 0 Å². The number of hydrogen-bond donors (Lipinski definition) is 2. The molecular weight excluding hydrogens is 385 g/mol. The molecule has 0 fully saturated rings. The Kier molecular flexibility index (Phi) is 5.04. The van der Waals surface area contributed by atoms with Gasteiger partial charge in [0.15, 0.2) is 0 Å². The van der Waals surface area contributed by atoms with Crippen molar-refractivity contribution < 1.29 is 9.90 Å². The molecule has 1 aromatic carbocycles. The van der Waals surface area contributed by atoms with Gasteiger partial charge in [0.25, 0.3) is 5.91 Å². The molecule has 1 heterocycles. The van der Waals surface area contributed by atoms with E-state index in [0.29, 0.717) is 5.56 Å². The van der Waals surface area contributed by atoms with Crippen LogP contribution < -0.4 is 5.32 Å². The van der Waals surface area contributed by atoms with Gasteiger partial charge in [-0.2, -0.15) is 0 Å². The summed E-state index contributed by atoms with van der Waals surface area (Å²) in [5.41, 5.74) is 0.325. The third-order valence-corrected chi connectivity index (χ3v) is 4.58. The molecule has 0 radical (unpaired) electrons. The summed E-state index contributed by atoms with van der Waals surface area (Å²) in [5.74, 6) is -0.219. The molecule has 20 heavy (non-hydrogen) atoms. The van der Waals surface area contributed by atoms with Gasteiger partial charge in [-0.3, -0.25) is 4.79 Å². The lowest BCUT2D eigenvalue weighted by Gasteiger charge is -2.13. The van der Waals surface area contributed by atoms with Gasteiger partial charge in [0, 0.05) is 25.8 Å². The maximum absolute atomic E-state index is 12.2. The summed E-state index contributed by atoms with van der Waals surface area (Å²) in [7, 11) is 0. The van der Waals surface area contributed by atoms with E-state index in [4.69, 9.17) is 0 Å². The molecule has 0 aliphatic heterocycles. The predicted molar refractivity (Wildman–Crippen MR) is 90.5 cm³/mol. The second-order valence-corrected chi connectivity index (χ2v) is 7.37. The molecule has 1 aromatic heterocycles. The van der Waals surface area contributed by atoms with Crippen molar-refractivity contribution in [3.63, 3.8) is 0 Å². The average Bonchev–Trinajstić information content (AvgIpc) is 2.77. The van der Waals surface area contributed by atoms with Crippen LogP contribution in [0.4, 0.5) is 0 Å². The summed E-state index contributed by atoms with van der Waals surface area (Å²) in [6.07, 6.45) is 0.801. The number of carbonyl (C=O) groups excluding carboxylic acids is 1. The Bertz CT molecular complexity index is 624. The molecular formula is C15H16INO2S. The molecule has 0 aliphatic rings. The first-order valence-electron chi connectivity index (χ1n) is 6.30. The molecule has 2 N–H and O–H groups in total. The summed E-state index contributed by atoms with van der Waals surface area (Å²) < 4.78 is 0.923. The molecule has 0 bridgehead atoms. The van der Waals surface area contributed by atoms with E-state index in [1.54, 1.807) is 29.5 Å². The molecule has 5 heteroatoms. The summed E-state index contributed by atoms with van der Waals surface area (Å²) >= 11 is 3.86. The van der Waals surface area contributed by atoms with E-state index in [2.05, 4.69) is 47.0 Å². The highest BCUT2D eigenvalue weighted by Crippen LogP contribution is 2.20. The number of nitrogens with one attached hydrogen (secondary N) is 1. The van der Waals surface area contributed by atoms with Crippen LogP contribution in [0.5, 0.6) is 5.75 Å². The van der Waals surface area contributed by atoms with Crippen LogP contribution in [0.2, 0.25) is 0 Å². The molecule has 2 aromatic rings. The fraction of sp³-hybridized carbons (Fsp3) is 0.267. The molecule has 1 unspecified atom stereocenters. The van der Waals surface area contributed by atoms with E-state index in [0.717, 1.165) is 9.99 Å². The number of halogens is 1. The standard InChI is InChI=1S/C15H16INO2S/c1-9(7-12-5-3-10(2)20-12)17-15(19)13-8-11(16)4-6-14(13)18/h3-6,8-9,18H,7H2,1-2H3,(H,17,19). The van der Waals surface area contributed by atoms with Crippen LogP contribution in [-0.2, 0) is 6.42 Å². The molecule has 0 spiro atoms. The average molecular weight is 401 g/mol. The van der Waals surface area contributed by atoms with E-state index in [1.165, 1.54) is 9.75 Å². The van der Waals surface area contributed by atoms with Crippen molar-refractivity contribution in [2.45, 2.75) is 26.3 Å². The second-order valence-electron chi connectivity index (χ2n) is 4.75. The van der Waals surface area contributed by atoms with Gasteiger partial charge in [-0.1, -0.05) is 0 Å². The highest BCUT2D eigenvalue weighted by Gasteiger charge is 2.14. The Hall–Kier alpha value is -1.08. The second kappa shape index (κ2) is 6.58. The number of rotatable bonds is 4. The number of thiophene rings is 1. The maximum atomic E-state index is 12.2. The van der Waals surface area contributed by atoms with Gasteiger partial charge < -0.3 is 10.4 Å². The molecule has 3 nitrogen and oxygen atoms in total. The zero-order chi connectivity index (χ0) is 14.7. The number of carbonyl (C=O) groups is 1. The summed E-state index contributed by atoms with van der Waals surface area (Å²) in [5, 5.41) is 12.7. The lowest BCUT2D eigenvalue weighted by molar-refractivity contribution is 0.0937.